The molecular formula is C21H23F3N2O3S2. The van der Waals surface area contributed by atoms with Crippen molar-refractivity contribution < 1.29 is 26.3 Å². The molecule has 2 aromatic carbocycles. The van der Waals surface area contributed by atoms with Crippen LogP contribution >= 0.6 is 11.8 Å². The summed E-state index contributed by atoms with van der Waals surface area (Å²) < 4.78 is 73.1. The number of alkyl halides is 3. The average molecular weight is 473 g/mol. The fourth-order valence-electron chi connectivity index (χ4n) is 3.21. The lowest BCUT2D eigenvalue weighted by molar-refractivity contribution is -0.137. The van der Waals surface area contributed by atoms with Gasteiger partial charge in [-0.2, -0.15) is 13.2 Å². The molecule has 5 nitrogen and oxygen atoms in total. The SMILES string of the molecule is COc1ccc(S(=O)(=O)n2c(C)c(SCCN(C)C)c3cc(C(F)(F)F)ccc32)cc1. The zero-order valence-electron chi connectivity index (χ0n) is 17.5. The summed E-state index contributed by atoms with van der Waals surface area (Å²) in [6.07, 6.45) is -4.52. The van der Waals surface area contributed by atoms with E-state index in [1.807, 2.05) is 19.0 Å². The van der Waals surface area contributed by atoms with Crippen LogP contribution in [0.15, 0.2) is 52.3 Å². The minimum atomic E-state index is -4.52. The second kappa shape index (κ2) is 8.76. The van der Waals surface area contributed by atoms with E-state index in [1.54, 1.807) is 6.92 Å². The van der Waals surface area contributed by atoms with Crippen molar-refractivity contribution in [2.45, 2.75) is 22.9 Å². The van der Waals surface area contributed by atoms with Crippen molar-refractivity contribution >= 4 is 32.7 Å². The Labute approximate surface area is 183 Å². The van der Waals surface area contributed by atoms with Crippen LogP contribution < -0.4 is 4.74 Å². The molecule has 0 bridgehead atoms. The van der Waals surface area contributed by atoms with Crippen LogP contribution in [0.25, 0.3) is 10.9 Å². The van der Waals surface area contributed by atoms with Gasteiger partial charge in [-0.1, -0.05) is 0 Å². The first-order valence-corrected chi connectivity index (χ1v) is 11.8. The van der Waals surface area contributed by atoms with E-state index in [-0.39, 0.29) is 15.8 Å². The monoisotopic (exact) mass is 472 g/mol. The summed E-state index contributed by atoms with van der Waals surface area (Å²) in [6.45, 7) is 2.31. The molecule has 0 saturated carbocycles. The molecule has 1 heterocycles. The highest BCUT2D eigenvalue weighted by Crippen LogP contribution is 2.40. The normalized spacial score (nSPS) is 12.6. The van der Waals surface area contributed by atoms with Gasteiger partial charge in [0.1, 0.15) is 5.75 Å². The molecule has 0 aliphatic carbocycles. The number of hydrogen-bond donors (Lipinski definition) is 0. The molecule has 0 unspecified atom stereocenters. The summed E-state index contributed by atoms with van der Waals surface area (Å²) >= 11 is 1.35. The van der Waals surface area contributed by atoms with Gasteiger partial charge in [0.25, 0.3) is 10.0 Å². The van der Waals surface area contributed by atoms with Crippen molar-refractivity contribution in [2.24, 2.45) is 0 Å². The molecular weight excluding hydrogens is 449 g/mol. The maximum atomic E-state index is 13.4. The Morgan fingerprint density at radius 2 is 1.74 bits per heavy atom. The Morgan fingerprint density at radius 1 is 1.10 bits per heavy atom. The van der Waals surface area contributed by atoms with Gasteiger partial charge in [-0.15, -0.1) is 11.8 Å². The smallest absolute Gasteiger partial charge is 0.416 e. The van der Waals surface area contributed by atoms with E-state index >= 15 is 0 Å². The summed E-state index contributed by atoms with van der Waals surface area (Å²) in [5.41, 5.74) is -0.212. The molecule has 0 radical (unpaired) electrons. The number of fused-ring (bicyclic) bond motifs is 1. The largest absolute Gasteiger partial charge is 0.497 e. The Morgan fingerprint density at radius 3 is 2.29 bits per heavy atom. The highest BCUT2D eigenvalue weighted by molar-refractivity contribution is 7.99. The molecule has 0 fully saturated rings. The van der Waals surface area contributed by atoms with Crippen molar-refractivity contribution in [3.63, 3.8) is 0 Å². The summed E-state index contributed by atoms with van der Waals surface area (Å²) in [5, 5.41) is 0.271. The highest BCUT2D eigenvalue weighted by atomic mass is 32.2. The van der Waals surface area contributed by atoms with Gasteiger partial charge in [-0.05, 0) is 63.5 Å². The van der Waals surface area contributed by atoms with E-state index in [0.29, 0.717) is 28.6 Å². The number of rotatable bonds is 7. The third kappa shape index (κ3) is 4.70. The van der Waals surface area contributed by atoms with Gasteiger partial charge in [0.05, 0.1) is 23.1 Å². The van der Waals surface area contributed by atoms with Crippen LogP contribution in [0, 0.1) is 6.92 Å². The molecule has 0 N–H and O–H groups in total. The Kier molecular flexibility index (Phi) is 6.64. The van der Waals surface area contributed by atoms with E-state index < -0.39 is 21.8 Å². The summed E-state index contributed by atoms with van der Waals surface area (Å²) in [5.74, 6) is 1.11. The molecule has 31 heavy (non-hydrogen) atoms. The van der Waals surface area contributed by atoms with Gasteiger partial charge in [0, 0.05) is 28.3 Å². The second-order valence-corrected chi connectivity index (χ2v) is 10.1. The Bertz CT molecular complexity index is 1190. The number of benzene rings is 2. The van der Waals surface area contributed by atoms with Crippen LogP contribution in [0.4, 0.5) is 13.2 Å². The number of hydrogen-bond acceptors (Lipinski definition) is 5. The van der Waals surface area contributed by atoms with Crippen LogP contribution in [0.5, 0.6) is 5.75 Å². The van der Waals surface area contributed by atoms with Crippen LogP contribution in [0.3, 0.4) is 0 Å². The van der Waals surface area contributed by atoms with Gasteiger partial charge in [-0.25, -0.2) is 12.4 Å². The first-order chi connectivity index (χ1) is 14.5. The average Bonchev–Trinajstić information content (AvgIpc) is 2.98. The lowest BCUT2D eigenvalue weighted by atomic mass is 10.1. The van der Waals surface area contributed by atoms with E-state index in [2.05, 4.69) is 0 Å². The fourth-order valence-corrected chi connectivity index (χ4v) is 6.11. The van der Waals surface area contributed by atoms with Crippen molar-refractivity contribution in [2.75, 3.05) is 33.5 Å². The van der Waals surface area contributed by atoms with E-state index in [0.717, 1.165) is 16.1 Å². The van der Waals surface area contributed by atoms with Gasteiger partial charge in [-0.3, -0.25) is 0 Å². The van der Waals surface area contributed by atoms with E-state index in [1.165, 1.54) is 49.2 Å². The number of nitrogens with zero attached hydrogens (tertiary/aromatic N) is 2. The first kappa shape index (κ1) is 23.5. The third-order valence-electron chi connectivity index (χ3n) is 4.80. The van der Waals surface area contributed by atoms with Crippen molar-refractivity contribution in [1.82, 2.24) is 8.87 Å². The lowest BCUT2D eigenvalue weighted by Crippen LogP contribution is -2.15. The Balaban J connectivity index is 2.21. The number of methoxy groups -OCH3 is 1. The molecule has 168 valence electrons. The van der Waals surface area contributed by atoms with Crippen molar-refractivity contribution in [1.29, 1.82) is 0 Å². The summed E-state index contributed by atoms with van der Waals surface area (Å²) in [6, 6.07) is 9.06. The zero-order chi connectivity index (χ0) is 23.0. The molecule has 0 atom stereocenters. The topological polar surface area (TPSA) is 51.5 Å². The molecule has 0 spiro atoms. The van der Waals surface area contributed by atoms with Crippen LogP contribution in [-0.4, -0.2) is 50.8 Å². The molecule has 0 aliphatic heterocycles. The van der Waals surface area contributed by atoms with E-state index in [9.17, 15) is 21.6 Å². The predicted octanol–water partition coefficient (Wildman–Crippen LogP) is 4.87. The summed E-state index contributed by atoms with van der Waals surface area (Å²) in [7, 11) is 1.23. The summed E-state index contributed by atoms with van der Waals surface area (Å²) in [4.78, 5) is 2.51. The third-order valence-corrected chi connectivity index (χ3v) is 7.81. The molecule has 1 aromatic heterocycles. The molecule has 0 amide bonds. The number of thioether (sulfide) groups is 1. The lowest BCUT2D eigenvalue weighted by Gasteiger charge is -2.12. The first-order valence-electron chi connectivity index (χ1n) is 9.36. The maximum absolute atomic E-state index is 13.4. The van der Waals surface area contributed by atoms with Crippen LogP contribution in [-0.2, 0) is 16.2 Å². The molecule has 3 aromatic rings. The van der Waals surface area contributed by atoms with Crippen molar-refractivity contribution in [3.8, 4) is 5.75 Å². The maximum Gasteiger partial charge on any atom is 0.416 e. The molecule has 10 heteroatoms. The zero-order valence-corrected chi connectivity index (χ0v) is 19.2. The highest BCUT2D eigenvalue weighted by Gasteiger charge is 2.32. The number of ether oxygens (including phenoxy) is 1. The van der Waals surface area contributed by atoms with Crippen molar-refractivity contribution in [3.05, 3.63) is 53.7 Å². The van der Waals surface area contributed by atoms with Gasteiger partial charge in [0.2, 0.25) is 0 Å². The van der Waals surface area contributed by atoms with Gasteiger partial charge in [0.15, 0.2) is 0 Å². The number of halogens is 3. The second-order valence-electron chi connectivity index (χ2n) is 7.24. The molecule has 0 aliphatic rings. The van der Waals surface area contributed by atoms with Crippen LogP contribution in [0.2, 0.25) is 0 Å². The van der Waals surface area contributed by atoms with Crippen LogP contribution in [0.1, 0.15) is 11.3 Å². The minimum absolute atomic E-state index is 0.0260. The molecule has 3 rings (SSSR count). The minimum Gasteiger partial charge on any atom is -0.497 e. The Hall–Kier alpha value is -2.17. The predicted molar refractivity (Wildman–Crippen MR) is 117 cm³/mol. The van der Waals surface area contributed by atoms with Gasteiger partial charge >= 0.3 is 6.18 Å². The number of aromatic nitrogens is 1. The van der Waals surface area contributed by atoms with Gasteiger partial charge < -0.3 is 9.64 Å². The quantitative estimate of drug-likeness (QED) is 0.460. The standard InChI is InChI=1S/C21H23F3N2O3S2/c1-14-20(30-12-11-25(2)3)18-13-15(21(22,23)24)5-10-19(18)26(14)31(27,28)17-8-6-16(29-4)7-9-17/h5-10,13H,11-12H2,1-4H3. The fraction of sp³-hybridized carbons (Fsp3) is 0.333. The van der Waals surface area contributed by atoms with E-state index in [4.69, 9.17) is 4.74 Å². The molecule has 0 saturated heterocycles.